The Bertz CT molecular complexity index is 334. The second kappa shape index (κ2) is 6.21. The molecule has 1 saturated carbocycles. The molecule has 0 aromatic carbocycles. The van der Waals surface area contributed by atoms with E-state index in [0.29, 0.717) is 6.04 Å². The fraction of sp³-hybridized carbons (Fsp3) is 0.933. The molecule has 2 saturated heterocycles. The van der Waals surface area contributed by atoms with Crippen LogP contribution in [0.5, 0.6) is 0 Å². The summed E-state index contributed by atoms with van der Waals surface area (Å²) < 4.78 is 0. The zero-order chi connectivity index (χ0) is 13.1. The average molecular weight is 262 g/mol. The van der Waals surface area contributed by atoms with Gasteiger partial charge in [0.15, 0.2) is 0 Å². The van der Waals surface area contributed by atoms with Crippen LogP contribution < -0.4 is 5.32 Å². The Labute approximate surface area is 116 Å². The van der Waals surface area contributed by atoms with Crippen molar-refractivity contribution < 1.29 is 0 Å². The summed E-state index contributed by atoms with van der Waals surface area (Å²) in [6, 6.07) is 3.92. The highest BCUT2D eigenvalue weighted by Gasteiger charge is 2.29. The molecule has 0 aromatic rings. The topological polar surface area (TPSA) is 42.3 Å². The Morgan fingerprint density at radius 3 is 2.79 bits per heavy atom. The molecule has 4 heteroatoms. The van der Waals surface area contributed by atoms with Gasteiger partial charge in [-0.2, -0.15) is 5.26 Å². The Morgan fingerprint density at radius 2 is 2.00 bits per heavy atom. The van der Waals surface area contributed by atoms with Gasteiger partial charge in [0.25, 0.3) is 0 Å². The van der Waals surface area contributed by atoms with Crippen LogP contribution in [0, 0.1) is 11.3 Å². The molecular formula is C15H26N4. The van der Waals surface area contributed by atoms with Crippen LogP contribution in [0.4, 0.5) is 0 Å². The van der Waals surface area contributed by atoms with Gasteiger partial charge in [0.2, 0.25) is 0 Å². The Morgan fingerprint density at radius 1 is 1.16 bits per heavy atom. The second-order valence-electron chi connectivity index (χ2n) is 6.40. The van der Waals surface area contributed by atoms with Gasteiger partial charge in [-0.3, -0.25) is 10.2 Å². The van der Waals surface area contributed by atoms with Gasteiger partial charge in [0.05, 0.1) is 12.1 Å². The molecule has 2 atom stereocenters. The predicted octanol–water partition coefficient (Wildman–Crippen LogP) is 1.19. The summed E-state index contributed by atoms with van der Waals surface area (Å²) in [7, 11) is 0. The molecule has 2 aliphatic heterocycles. The third-order valence-corrected chi connectivity index (χ3v) is 4.79. The maximum atomic E-state index is 9.20. The van der Waals surface area contributed by atoms with E-state index in [0.717, 1.165) is 19.0 Å². The van der Waals surface area contributed by atoms with Crippen LogP contribution in [0.3, 0.4) is 0 Å². The second-order valence-corrected chi connectivity index (χ2v) is 6.40. The molecule has 3 fully saturated rings. The van der Waals surface area contributed by atoms with Crippen molar-refractivity contribution in [3.8, 4) is 6.07 Å². The molecule has 0 amide bonds. The molecule has 0 radical (unpaired) electrons. The lowest BCUT2D eigenvalue weighted by molar-refractivity contribution is 0.216. The first kappa shape index (κ1) is 13.4. The lowest BCUT2D eigenvalue weighted by atomic mass is 10.2. The van der Waals surface area contributed by atoms with E-state index in [2.05, 4.69) is 21.2 Å². The highest BCUT2D eigenvalue weighted by atomic mass is 15.3. The molecule has 1 N–H and O–H groups in total. The van der Waals surface area contributed by atoms with Crippen LogP contribution >= 0.6 is 0 Å². The number of nitrogens with one attached hydrogen (secondary N) is 1. The quantitative estimate of drug-likeness (QED) is 0.808. The molecule has 3 rings (SSSR count). The van der Waals surface area contributed by atoms with Crippen molar-refractivity contribution in [2.75, 3.05) is 32.7 Å². The summed E-state index contributed by atoms with van der Waals surface area (Å²) in [6.07, 6.45) is 7.56. The van der Waals surface area contributed by atoms with Crippen LogP contribution in [0.1, 0.15) is 38.5 Å². The highest BCUT2D eigenvalue weighted by Crippen LogP contribution is 2.22. The van der Waals surface area contributed by atoms with Gasteiger partial charge in [-0.1, -0.05) is 0 Å². The van der Waals surface area contributed by atoms with E-state index < -0.39 is 0 Å². The first-order valence-electron chi connectivity index (χ1n) is 7.97. The number of nitriles is 1. The van der Waals surface area contributed by atoms with Crippen molar-refractivity contribution in [1.82, 2.24) is 15.1 Å². The minimum atomic E-state index is 0.0652. The number of rotatable bonds is 5. The van der Waals surface area contributed by atoms with Crippen LogP contribution in [-0.4, -0.2) is 60.6 Å². The molecule has 2 unspecified atom stereocenters. The van der Waals surface area contributed by atoms with Gasteiger partial charge < -0.3 is 4.90 Å². The molecule has 0 bridgehead atoms. The Balaban J connectivity index is 1.44. The van der Waals surface area contributed by atoms with E-state index in [1.165, 1.54) is 58.3 Å². The summed E-state index contributed by atoms with van der Waals surface area (Å²) in [4.78, 5) is 5.26. The largest absolute Gasteiger partial charge is 0.302 e. The summed E-state index contributed by atoms with van der Waals surface area (Å²) in [5.74, 6) is 0. The summed E-state index contributed by atoms with van der Waals surface area (Å²) >= 11 is 0. The van der Waals surface area contributed by atoms with Crippen LogP contribution in [0.2, 0.25) is 0 Å². The molecule has 4 nitrogen and oxygen atoms in total. The Hall–Kier alpha value is -0.630. The maximum Gasteiger partial charge on any atom is 0.0967 e. The predicted molar refractivity (Wildman–Crippen MR) is 75.8 cm³/mol. The fourth-order valence-electron chi connectivity index (χ4n) is 3.52. The lowest BCUT2D eigenvalue weighted by Gasteiger charge is -2.26. The van der Waals surface area contributed by atoms with Crippen LogP contribution in [-0.2, 0) is 0 Å². The van der Waals surface area contributed by atoms with E-state index in [1.807, 2.05) is 0 Å². The van der Waals surface area contributed by atoms with Gasteiger partial charge in [0.1, 0.15) is 0 Å². The molecular weight excluding hydrogens is 236 g/mol. The normalized spacial score (nSPS) is 30.6. The van der Waals surface area contributed by atoms with Crippen LogP contribution in [0.25, 0.3) is 0 Å². The van der Waals surface area contributed by atoms with Crippen molar-refractivity contribution in [2.24, 2.45) is 0 Å². The van der Waals surface area contributed by atoms with Gasteiger partial charge in [-0.15, -0.1) is 0 Å². The smallest absolute Gasteiger partial charge is 0.0967 e. The van der Waals surface area contributed by atoms with E-state index in [1.54, 1.807) is 0 Å². The van der Waals surface area contributed by atoms with Crippen molar-refractivity contribution in [3.05, 3.63) is 0 Å². The van der Waals surface area contributed by atoms with Crippen LogP contribution in [0.15, 0.2) is 0 Å². The average Bonchev–Trinajstić information content (AvgIpc) is 3.18. The Kier molecular flexibility index (Phi) is 4.37. The van der Waals surface area contributed by atoms with E-state index in [9.17, 15) is 5.26 Å². The standard InChI is InChI=1S/C15H26N4/c16-11-14(17-13-4-5-13)6-10-18-7-2-9-19-8-1-3-15(19)12-18/h13-15,17H,1-10,12H2. The maximum absolute atomic E-state index is 9.20. The van der Waals surface area contributed by atoms with Gasteiger partial charge >= 0.3 is 0 Å². The lowest BCUT2D eigenvalue weighted by Crippen LogP contribution is -2.39. The number of fused-ring (bicyclic) bond motifs is 1. The number of hydrogen-bond donors (Lipinski definition) is 1. The highest BCUT2D eigenvalue weighted by molar-refractivity contribution is 4.96. The summed E-state index contributed by atoms with van der Waals surface area (Å²) in [6.45, 7) is 6.12. The van der Waals surface area contributed by atoms with E-state index in [4.69, 9.17) is 0 Å². The summed E-state index contributed by atoms with van der Waals surface area (Å²) in [5.41, 5.74) is 0. The fourth-order valence-corrected chi connectivity index (χ4v) is 3.52. The molecule has 1 aliphatic carbocycles. The van der Waals surface area contributed by atoms with Gasteiger partial charge in [-0.05, 0) is 58.2 Å². The monoisotopic (exact) mass is 262 g/mol. The molecule has 0 spiro atoms. The third kappa shape index (κ3) is 3.68. The number of nitrogens with zero attached hydrogens (tertiary/aromatic N) is 3. The van der Waals surface area contributed by atoms with Crippen molar-refractivity contribution in [1.29, 1.82) is 5.26 Å². The zero-order valence-corrected chi connectivity index (χ0v) is 11.9. The minimum Gasteiger partial charge on any atom is -0.302 e. The van der Waals surface area contributed by atoms with Gasteiger partial charge in [0, 0.05) is 25.2 Å². The molecule has 3 aliphatic rings. The van der Waals surface area contributed by atoms with E-state index in [-0.39, 0.29) is 6.04 Å². The summed E-state index contributed by atoms with van der Waals surface area (Å²) in [5, 5.41) is 12.6. The molecule has 2 heterocycles. The van der Waals surface area contributed by atoms with Crippen molar-refractivity contribution >= 4 is 0 Å². The molecule has 19 heavy (non-hydrogen) atoms. The SMILES string of the molecule is N#CC(CCN1CCCN2CCCC2C1)NC1CC1. The van der Waals surface area contributed by atoms with Gasteiger partial charge in [-0.25, -0.2) is 0 Å². The first-order chi connectivity index (χ1) is 9.35. The van der Waals surface area contributed by atoms with E-state index >= 15 is 0 Å². The number of hydrogen-bond acceptors (Lipinski definition) is 4. The minimum absolute atomic E-state index is 0.0652. The molecule has 0 aromatic heterocycles. The zero-order valence-electron chi connectivity index (χ0n) is 11.9. The third-order valence-electron chi connectivity index (χ3n) is 4.79. The van der Waals surface area contributed by atoms with Crippen molar-refractivity contribution in [2.45, 2.75) is 56.7 Å². The first-order valence-corrected chi connectivity index (χ1v) is 7.97. The molecule has 106 valence electrons. The van der Waals surface area contributed by atoms with Crippen molar-refractivity contribution in [3.63, 3.8) is 0 Å².